The van der Waals surface area contributed by atoms with Crippen LogP contribution in [0.5, 0.6) is 0 Å². The van der Waals surface area contributed by atoms with E-state index in [9.17, 15) is 5.11 Å². The molecule has 0 saturated heterocycles. The summed E-state index contributed by atoms with van der Waals surface area (Å²) >= 11 is 0. The lowest BCUT2D eigenvalue weighted by Gasteiger charge is -2.49. The van der Waals surface area contributed by atoms with Crippen LogP contribution < -0.4 is 5.19 Å². The molecule has 0 aliphatic carbocycles. The molecular formula is C20H32OSi. The second-order valence-electron chi connectivity index (χ2n) is 6.93. The first-order valence-electron chi connectivity index (χ1n) is 8.35. The smallest absolute Gasteiger partial charge is 0.0935 e. The van der Waals surface area contributed by atoms with Gasteiger partial charge in [0.1, 0.15) is 0 Å². The van der Waals surface area contributed by atoms with Gasteiger partial charge in [0, 0.05) is 5.04 Å². The van der Waals surface area contributed by atoms with Crippen molar-refractivity contribution in [3.8, 4) is 0 Å². The van der Waals surface area contributed by atoms with Crippen LogP contribution in [0, 0.1) is 5.92 Å². The Morgan fingerprint density at radius 3 is 2.27 bits per heavy atom. The van der Waals surface area contributed by atoms with Crippen LogP contribution in [0.25, 0.3) is 0 Å². The molecule has 22 heavy (non-hydrogen) atoms. The highest BCUT2D eigenvalue weighted by Crippen LogP contribution is 2.49. The van der Waals surface area contributed by atoms with E-state index in [0.717, 1.165) is 19.3 Å². The zero-order valence-corrected chi connectivity index (χ0v) is 15.7. The van der Waals surface area contributed by atoms with Crippen molar-refractivity contribution in [2.75, 3.05) is 0 Å². The van der Waals surface area contributed by atoms with E-state index in [1.165, 1.54) is 5.19 Å². The van der Waals surface area contributed by atoms with Gasteiger partial charge in [-0.05, 0) is 18.8 Å². The maximum absolute atomic E-state index is 11.2. The molecule has 1 aromatic rings. The van der Waals surface area contributed by atoms with Gasteiger partial charge in [0.2, 0.25) is 0 Å². The molecule has 0 unspecified atom stereocenters. The quantitative estimate of drug-likeness (QED) is 0.507. The Morgan fingerprint density at radius 2 is 1.82 bits per heavy atom. The monoisotopic (exact) mass is 316 g/mol. The summed E-state index contributed by atoms with van der Waals surface area (Å²) in [7, 11) is -1.94. The Hall–Kier alpha value is -1.12. The van der Waals surface area contributed by atoms with Crippen molar-refractivity contribution < 1.29 is 5.11 Å². The minimum atomic E-state index is -1.94. The summed E-state index contributed by atoms with van der Waals surface area (Å²) in [5.41, 5.74) is 0. The van der Waals surface area contributed by atoms with Crippen LogP contribution in [-0.2, 0) is 0 Å². The molecule has 1 aromatic carbocycles. The molecule has 1 nitrogen and oxygen atoms in total. The summed E-state index contributed by atoms with van der Waals surface area (Å²) in [6.07, 6.45) is 6.44. The highest BCUT2D eigenvalue weighted by atomic mass is 28.3. The fraction of sp³-hybridized carbons (Fsp3) is 0.500. The molecule has 0 radical (unpaired) electrons. The zero-order chi connectivity index (χ0) is 16.8. The van der Waals surface area contributed by atoms with Gasteiger partial charge in [0.05, 0.1) is 14.2 Å². The average Bonchev–Trinajstić information content (AvgIpc) is 2.52. The van der Waals surface area contributed by atoms with Crippen molar-refractivity contribution in [3.05, 3.63) is 55.6 Å². The van der Waals surface area contributed by atoms with Crippen molar-refractivity contribution >= 4 is 13.3 Å². The van der Waals surface area contributed by atoms with Crippen LogP contribution in [-0.4, -0.2) is 19.3 Å². The number of hydrogen-bond acceptors (Lipinski definition) is 1. The van der Waals surface area contributed by atoms with Gasteiger partial charge in [-0.1, -0.05) is 81.0 Å². The number of benzene rings is 1. The molecule has 1 rings (SSSR count). The lowest BCUT2D eigenvalue weighted by Crippen LogP contribution is -2.58. The van der Waals surface area contributed by atoms with Crippen LogP contribution in [0.4, 0.5) is 0 Å². The van der Waals surface area contributed by atoms with Gasteiger partial charge >= 0.3 is 0 Å². The second kappa shape index (κ2) is 7.93. The van der Waals surface area contributed by atoms with E-state index in [1.54, 1.807) is 0 Å². The molecule has 0 fully saturated rings. The van der Waals surface area contributed by atoms with Gasteiger partial charge in [0.15, 0.2) is 0 Å². The second-order valence-corrected chi connectivity index (χ2v) is 11.7. The number of aliphatic hydroxyl groups is 1. The first-order valence-corrected chi connectivity index (χ1v) is 11.4. The SMILES string of the molecule is C=CC[C@H](C)[C@@H](O)[C@@](C=C)(CCC)[Si](C)(C)c1ccccc1. The van der Waals surface area contributed by atoms with Gasteiger partial charge in [0.25, 0.3) is 0 Å². The lowest BCUT2D eigenvalue weighted by molar-refractivity contribution is 0.0784. The molecule has 0 heterocycles. The number of hydrogen-bond donors (Lipinski definition) is 1. The fourth-order valence-electron chi connectivity index (χ4n) is 3.74. The zero-order valence-electron chi connectivity index (χ0n) is 14.7. The molecule has 0 amide bonds. The predicted octanol–water partition coefficient (Wildman–Crippen LogP) is 4.90. The van der Waals surface area contributed by atoms with Gasteiger partial charge in [-0.15, -0.1) is 13.2 Å². The van der Waals surface area contributed by atoms with E-state index in [4.69, 9.17) is 0 Å². The molecule has 3 atom stereocenters. The summed E-state index contributed by atoms with van der Waals surface area (Å²) in [6, 6.07) is 10.7. The molecule has 0 spiro atoms. The lowest BCUT2D eigenvalue weighted by atomic mass is 9.86. The summed E-state index contributed by atoms with van der Waals surface area (Å²) < 4.78 is 0. The van der Waals surface area contributed by atoms with Crippen LogP contribution in [0.3, 0.4) is 0 Å². The number of allylic oxidation sites excluding steroid dienone is 1. The Morgan fingerprint density at radius 1 is 1.23 bits per heavy atom. The highest BCUT2D eigenvalue weighted by molar-refractivity contribution is 6.92. The maximum Gasteiger partial charge on any atom is 0.0935 e. The molecular weight excluding hydrogens is 284 g/mol. The Kier molecular flexibility index (Phi) is 6.83. The van der Waals surface area contributed by atoms with E-state index in [1.807, 2.05) is 6.08 Å². The normalized spacial score (nSPS) is 17.3. The van der Waals surface area contributed by atoms with Crippen molar-refractivity contribution in [3.63, 3.8) is 0 Å². The predicted molar refractivity (Wildman–Crippen MR) is 101 cm³/mol. The standard InChI is InChI=1S/C20H32OSi/c1-7-13-17(4)19(21)20(9-3,16-8-2)22(5,6)18-14-11-10-12-15-18/h7,9-12,14-15,17,19,21H,1,3,8,13,16H2,2,4-6H3/t17-,19+,20+/m0/s1. The van der Waals surface area contributed by atoms with Crippen molar-refractivity contribution in [1.82, 2.24) is 0 Å². The van der Waals surface area contributed by atoms with Gasteiger partial charge < -0.3 is 5.11 Å². The molecule has 0 aliphatic rings. The maximum atomic E-state index is 11.2. The van der Waals surface area contributed by atoms with Crippen LogP contribution in [0.15, 0.2) is 55.6 Å². The minimum absolute atomic E-state index is 0.192. The van der Waals surface area contributed by atoms with Crippen molar-refractivity contribution in [2.45, 2.75) is 57.3 Å². The van der Waals surface area contributed by atoms with Gasteiger partial charge in [-0.25, -0.2) is 0 Å². The van der Waals surface area contributed by atoms with E-state index in [-0.39, 0.29) is 17.1 Å². The van der Waals surface area contributed by atoms with E-state index in [0.29, 0.717) is 0 Å². The first-order chi connectivity index (χ1) is 10.4. The third-order valence-corrected chi connectivity index (χ3v) is 10.1. The number of aliphatic hydroxyl groups excluding tert-OH is 1. The van der Waals surface area contributed by atoms with Crippen LogP contribution in [0.2, 0.25) is 18.1 Å². The fourth-order valence-corrected chi connectivity index (χ4v) is 7.72. The summed E-state index contributed by atoms with van der Waals surface area (Å²) in [5.74, 6) is 0.192. The Labute approximate surface area is 137 Å². The molecule has 0 bridgehead atoms. The number of rotatable bonds is 9. The van der Waals surface area contributed by atoms with E-state index < -0.39 is 8.07 Å². The van der Waals surface area contributed by atoms with Crippen LogP contribution in [0.1, 0.15) is 33.1 Å². The highest BCUT2D eigenvalue weighted by Gasteiger charge is 2.50. The van der Waals surface area contributed by atoms with Gasteiger partial charge in [-0.3, -0.25) is 0 Å². The third-order valence-electron chi connectivity index (χ3n) is 5.29. The summed E-state index contributed by atoms with van der Waals surface area (Å²) in [5, 5.41) is 12.4. The summed E-state index contributed by atoms with van der Waals surface area (Å²) in [6.45, 7) is 17.0. The molecule has 122 valence electrons. The largest absolute Gasteiger partial charge is 0.392 e. The molecule has 0 saturated carbocycles. The van der Waals surface area contributed by atoms with E-state index in [2.05, 4.69) is 76.5 Å². The Balaban J connectivity index is 3.37. The minimum Gasteiger partial charge on any atom is -0.392 e. The molecule has 0 aromatic heterocycles. The van der Waals surface area contributed by atoms with Crippen molar-refractivity contribution in [1.29, 1.82) is 0 Å². The third kappa shape index (κ3) is 3.44. The van der Waals surface area contributed by atoms with Crippen molar-refractivity contribution in [2.24, 2.45) is 5.92 Å². The molecule has 1 N–H and O–H groups in total. The van der Waals surface area contributed by atoms with Gasteiger partial charge in [-0.2, -0.15) is 0 Å². The topological polar surface area (TPSA) is 20.2 Å². The average molecular weight is 317 g/mol. The Bertz CT molecular complexity index is 480. The molecule has 0 aliphatic heterocycles. The van der Waals surface area contributed by atoms with E-state index >= 15 is 0 Å². The first kappa shape index (κ1) is 18.9. The molecule has 2 heteroatoms. The summed E-state index contributed by atoms with van der Waals surface area (Å²) in [4.78, 5) is 0. The van der Waals surface area contributed by atoms with Crippen LogP contribution >= 0.6 is 0 Å².